The molecule has 0 fully saturated rings. The molecule has 17 heavy (non-hydrogen) atoms. The van der Waals surface area contributed by atoms with Crippen molar-refractivity contribution < 1.29 is 0 Å². The lowest BCUT2D eigenvalue weighted by atomic mass is 10.3. The van der Waals surface area contributed by atoms with Crippen LogP contribution in [-0.2, 0) is 20.1 Å². The summed E-state index contributed by atoms with van der Waals surface area (Å²) in [4.78, 5) is 4.45. The molecule has 0 saturated heterocycles. The lowest BCUT2D eigenvalue weighted by Crippen LogP contribution is -2.16. The Balaban J connectivity index is 1.89. The SMILES string of the molecule is Cc1cccc(CNCc2cc(C)nn2C)n1. The van der Waals surface area contributed by atoms with E-state index in [1.54, 1.807) is 0 Å². The van der Waals surface area contributed by atoms with Crippen LogP contribution < -0.4 is 5.32 Å². The van der Waals surface area contributed by atoms with E-state index < -0.39 is 0 Å². The van der Waals surface area contributed by atoms with Gasteiger partial charge in [0.15, 0.2) is 0 Å². The molecule has 0 aromatic carbocycles. The highest BCUT2D eigenvalue weighted by Gasteiger charge is 2.01. The van der Waals surface area contributed by atoms with Crippen molar-refractivity contribution >= 4 is 0 Å². The third kappa shape index (κ3) is 3.14. The largest absolute Gasteiger partial charge is 0.306 e. The summed E-state index contributed by atoms with van der Waals surface area (Å²) in [5, 5.41) is 7.69. The standard InChI is InChI=1S/C13H18N4/c1-10-5-4-6-12(15-10)8-14-9-13-7-11(2)16-17(13)3/h4-7,14H,8-9H2,1-3H3. The van der Waals surface area contributed by atoms with Gasteiger partial charge in [0.05, 0.1) is 17.1 Å². The highest BCUT2D eigenvalue weighted by Crippen LogP contribution is 2.02. The highest BCUT2D eigenvalue weighted by atomic mass is 15.3. The van der Waals surface area contributed by atoms with Gasteiger partial charge in [-0.3, -0.25) is 9.67 Å². The smallest absolute Gasteiger partial charge is 0.0597 e. The van der Waals surface area contributed by atoms with Gasteiger partial charge in [-0.15, -0.1) is 0 Å². The summed E-state index contributed by atoms with van der Waals surface area (Å²) in [5.41, 5.74) is 4.37. The Bertz CT molecular complexity index is 502. The van der Waals surface area contributed by atoms with Crippen LogP contribution in [0.1, 0.15) is 22.8 Å². The van der Waals surface area contributed by atoms with Gasteiger partial charge in [-0.1, -0.05) is 6.07 Å². The van der Waals surface area contributed by atoms with E-state index in [4.69, 9.17) is 0 Å². The van der Waals surface area contributed by atoms with Gasteiger partial charge < -0.3 is 5.32 Å². The number of pyridine rings is 1. The molecule has 0 bridgehead atoms. The van der Waals surface area contributed by atoms with Crippen molar-refractivity contribution in [3.05, 3.63) is 47.0 Å². The van der Waals surface area contributed by atoms with Crippen molar-refractivity contribution in [2.75, 3.05) is 0 Å². The fourth-order valence-corrected chi connectivity index (χ4v) is 1.85. The molecule has 2 aromatic rings. The fraction of sp³-hybridized carbons (Fsp3) is 0.385. The molecule has 0 spiro atoms. The van der Waals surface area contributed by atoms with Crippen LogP contribution in [0.2, 0.25) is 0 Å². The molecule has 4 heteroatoms. The van der Waals surface area contributed by atoms with Crippen LogP contribution in [0.25, 0.3) is 0 Å². The van der Waals surface area contributed by atoms with E-state index in [2.05, 4.69) is 21.5 Å². The predicted molar refractivity (Wildman–Crippen MR) is 67.5 cm³/mol. The van der Waals surface area contributed by atoms with Crippen LogP contribution in [-0.4, -0.2) is 14.8 Å². The topological polar surface area (TPSA) is 42.7 Å². The van der Waals surface area contributed by atoms with Crippen molar-refractivity contribution in [3.8, 4) is 0 Å². The zero-order chi connectivity index (χ0) is 12.3. The normalized spacial score (nSPS) is 10.8. The molecule has 0 aliphatic heterocycles. The second kappa shape index (κ2) is 5.10. The Morgan fingerprint density at radius 1 is 1.18 bits per heavy atom. The average Bonchev–Trinajstić information content (AvgIpc) is 2.58. The summed E-state index contributed by atoms with van der Waals surface area (Å²) in [6.45, 7) is 5.61. The number of hydrogen-bond donors (Lipinski definition) is 1. The van der Waals surface area contributed by atoms with Gasteiger partial charge in [-0.2, -0.15) is 5.10 Å². The first-order valence-corrected chi connectivity index (χ1v) is 5.78. The first-order chi connectivity index (χ1) is 8.15. The van der Waals surface area contributed by atoms with E-state index >= 15 is 0 Å². The van der Waals surface area contributed by atoms with Crippen LogP contribution >= 0.6 is 0 Å². The first kappa shape index (κ1) is 11.8. The van der Waals surface area contributed by atoms with Gasteiger partial charge in [-0.25, -0.2) is 0 Å². The Labute approximate surface area is 102 Å². The van der Waals surface area contributed by atoms with Gasteiger partial charge in [-0.05, 0) is 32.0 Å². The highest BCUT2D eigenvalue weighted by molar-refractivity contribution is 5.11. The molecule has 0 atom stereocenters. The van der Waals surface area contributed by atoms with Crippen LogP contribution in [0.3, 0.4) is 0 Å². The van der Waals surface area contributed by atoms with E-state index in [1.165, 1.54) is 5.69 Å². The third-order valence-electron chi connectivity index (χ3n) is 2.66. The molecule has 90 valence electrons. The third-order valence-corrected chi connectivity index (χ3v) is 2.66. The van der Waals surface area contributed by atoms with E-state index in [-0.39, 0.29) is 0 Å². The van der Waals surface area contributed by atoms with Gasteiger partial charge in [0.2, 0.25) is 0 Å². The molecule has 2 heterocycles. The molecular formula is C13H18N4. The Morgan fingerprint density at radius 3 is 2.65 bits per heavy atom. The van der Waals surface area contributed by atoms with Crippen molar-refractivity contribution in [1.29, 1.82) is 0 Å². The lowest BCUT2D eigenvalue weighted by Gasteiger charge is -2.05. The molecule has 2 rings (SSSR count). The van der Waals surface area contributed by atoms with E-state index in [1.807, 2.05) is 43.8 Å². The van der Waals surface area contributed by atoms with Crippen LogP contribution in [0.4, 0.5) is 0 Å². The molecule has 2 aromatic heterocycles. The van der Waals surface area contributed by atoms with Gasteiger partial charge in [0, 0.05) is 25.8 Å². The molecular weight excluding hydrogens is 212 g/mol. The first-order valence-electron chi connectivity index (χ1n) is 5.78. The van der Waals surface area contributed by atoms with E-state index in [0.717, 1.165) is 30.2 Å². The molecule has 0 aliphatic carbocycles. The number of rotatable bonds is 4. The second-order valence-corrected chi connectivity index (χ2v) is 4.27. The van der Waals surface area contributed by atoms with Crippen LogP contribution in [0, 0.1) is 13.8 Å². The number of aromatic nitrogens is 3. The van der Waals surface area contributed by atoms with E-state index in [9.17, 15) is 0 Å². The molecule has 0 saturated carbocycles. The summed E-state index contributed by atoms with van der Waals surface area (Å²) >= 11 is 0. The molecule has 4 nitrogen and oxygen atoms in total. The van der Waals surface area contributed by atoms with Crippen molar-refractivity contribution in [3.63, 3.8) is 0 Å². The van der Waals surface area contributed by atoms with E-state index in [0.29, 0.717) is 0 Å². The van der Waals surface area contributed by atoms with Crippen molar-refractivity contribution in [2.45, 2.75) is 26.9 Å². The minimum atomic E-state index is 0.784. The Hall–Kier alpha value is -1.68. The molecule has 0 radical (unpaired) electrons. The number of hydrogen-bond acceptors (Lipinski definition) is 3. The summed E-state index contributed by atoms with van der Waals surface area (Å²) in [5.74, 6) is 0. The molecule has 0 aliphatic rings. The second-order valence-electron chi connectivity index (χ2n) is 4.27. The number of aryl methyl sites for hydroxylation is 3. The maximum atomic E-state index is 4.45. The summed E-state index contributed by atoms with van der Waals surface area (Å²) in [6, 6.07) is 8.17. The zero-order valence-corrected chi connectivity index (χ0v) is 10.6. The summed E-state index contributed by atoms with van der Waals surface area (Å²) in [6.07, 6.45) is 0. The maximum absolute atomic E-state index is 4.45. The molecule has 1 N–H and O–H groups in total. The predicted octanol–water partition coefficient (Wildman–Crippen LogP) is 1.72. The van der Waals surface area contributed by atoms with Crippen molar-refractivity contribution in [1.82, 2.24) is 20.1 Å². The molecule has 0 amide bonds. The Kier molecular flexibility index (Phi) is 3.54. The minimum Gasteiger partial charge on any atom is -0.306 e. The summed E-state index contributed by atoms with van der Waals surface area (Å²) < 4.78 is 1.91. The number of nitrogens with one attached hydrogen (secondary N) is 1. The minimum absolute atomic E-state index is 0.784. The fourth-order valence-electron chi connectivity index (χ4n) is 1.85. The van der Waals surface area contributed by atoms with Gasteiger partial charge in [0.1, 0.15) is 0 Å². The maximum Gasteiger partial charge on any atom is 0.0597 e. The summed E-state index contributed by atoms with van der Waals surface area (Å²) in [7, 11) is 1.97. The molecule has 0 unspecified atom stereocenters. The number of nitrogens with zero attached hydrogens (tertiary/aromatic N) is 3. The quantitative estimate of drug-likeness (QED) is 0.869. The zero-order valence-electron chi connectivity index (χ0n) is 10.6. The van der Waals surface area contributed by atoms with Crippen molar-refractivity contribution in [2.24, 2.45) is 7.05 Å². The van der Waals surface area contributed by atoms with Crippen LogP contribution in [0.5, 0.6) is 0 Å². The average molecular weight is 230 g/mol. The lowest BCUT2D eigenvalue weighted by molar-refractivity contribution is 0.618. The van der Waals surface area contributed by atoms with Gasteiger partial charge >= 0.3 is 0 Å². The van der Waals surface area contributed by atoms with Gasteiger partial charge in [0.25, 0.3) is 0 Å². The Morgan fingerprint density at radius 2 is 2.00 bits per heavy atom. The van der Waals surface area contributed by atoms with Crippen LogP contribution in [0.15, 0.2) is 24.3 Å². The monoisotopic (exact) mass is 230 g/mol.